The van der Waals surface area contributed by atoms with Crippen LogP contribution in [0.3, 0.4) is 0 Å². The average Bonchev–Trinajstić information content (AvgIpc) is 2.73. The SMILES string of the molecule is CC(/C=C\CN(CC=O)C(=O)OCc1ccccc1)=N\OCc1ccccc1. The van der Waals surface area contributed by atoms with Crippen LogP contribution >= 0.6 is 0 Å². The van der Waals surface area contributed by atoms with Gasteiger partial charge in [-0.3, -0.25) is 4.90 Å². The first-order chi connectivity index (χ1) is 13.7. The predicted molar refractivity (Wildman–Crippen MR) is 108 cm³/mol. The van der Waals surface area contributed by atoms with Gasteiger partial charge >= 0.3 is 6.09 Å². The first kappa shape index (κ1) is 20.9. The number of hydrogen-bond acceptors (Lipinski definition) is 5. The molecule has 0 unspecified atom stereocenters. The number of hydrogen-bond donors (Lipinski definition) is 0. The summed E-state index contributed by atoms with van der Waals surface area (Å²) in [7, 11) is 0. The van der Waals surface area contributed by atoms with Gasteiger partial charge < -0.3 is 14.4 Å². The van der Waals surface area contributed by atoms with Crippen LogP contribution in [-0.2, 0) is 27.6 Å². The Labute approximate surface area is 165 Å². The lowest BCUT2D eigenvalue weighted by atomic mass is 10.2. The first-order valence-corrected chi connectivity index (χ1v) is 8.95. The van der Waals surface area contributed by atoms with Crippen LogP contribution in [0.1, 0.15) is 18.1 Å². The second-order valence-electron chi connectivity index (χ2n) is 6.01. The highest BCUT2D eigenvalue weighted by Crippen LogP contribution is 2.04. The topological polar surface area (TPSA) is 68.2 Å². The molecule has 0 heterocycles. The number of allylic oxidation sites excluding steroid dienone is 1. The van der Waals surface area contributed by atoms with Gasteiger partial charge in [0.05, 0.1) is 12.3 Å². The number of benzene rings is 2. The highest BCUT2D eigenvalue weighted by Gasteiger charge is 2.13. The molecule has 2 aromatic carbocycles. The largest absolute Gasteiger partial charge is 0.445 e. The molecule has 146 valence electrons. The second-order valence-corrected chi connectivity index (χ2v) is 6.01. The third-order valence-corrected chi connectivity index (χ3v) is 3.73. The molecule has 0 saturated carbocycles. The molecule has 0 saturated heterocycles. The van der Waals surface area contributed by atoms with Crippen LogP contribution in [0.15, 0.2) is 78.0 Å². The van der Waals surface area contributed by atoms with E-state index in [0.29, 0.717) is 18.6 Å². The van der Waals surface area contributed by atoms with Gasteiger partial charge in [0, 0.05) is 6.54 Å². The molecule has 0 spiro atoms. The van der Waals surface area contributed by atoms with Crippen LogP contribution in [0, 0.1) is 0 Å². The summed E-state index contributed by atoms with van der Waals surface area (Å²) in [4.78, 5) is 29.6. The van der Waals surface area contributed by atoms with Gasteiger partial charge in [-0.05, 0) is 24.1 Å². The van der Waals surface area contributed by atoms with Gasteiger partial charge in [-0.1, -0.05) is 71.9 Å². The van der Waals surface area contributed by atoms with Crippen LogP contribution in [0.4, 0.5) is 4.79 Å². The van der Waals surface area contributed by atoms with Crippen molar-refractivity contribution in [3.8, 4) is 0 Å². The zero-order valence-electron chi connectivity index (χ0n) is 15.9. The number of carbonyl (C=O) groups excluding carboxylic acids is 2. The quantitative estimate of drug-likeness (QED) is 0.355. The van der Waals surface area contributed by atoms with Gasteiger partial charge in [0.25, 0.3) is 0 Å². The fourth-order valence-corrected chi connectivity index (χ4v) is 2.29. The fourth-order valence-electron chi connectivity index (χ4n) is 2.29. The molecule has 6 heteroatoms. The molecule has 28 heavy (non-hydrogen) atoms. The van der Waals surface area contributed by atoms with Crippen molar-refractivity contribution in [2.45, 2.75) is 20.1 Å². The summed E-state index contributed by atoms with van der Waals surface area (Å²) in [6.45, 7) is 2.53. The van der Waals surface area contributed by atoms with Gasteiger partial charge in [0.2, 0.25) is 0 Å². The molecule has 6 nitrogen and oxygen atoms in total. The fraction of sp³-hybridized carbons (Fsp3) is 0.227. The first-order valence-electron chi connectivity index (χ1n) is 8.95. The Balaban J connectivity index is 1.79. The summed E-state index contributed by atoms with van der Waals surface area (Å²) >= 11 is 0. The number of oxime groups is 1. The van der Waals surface area contributed by atoms with Crippen molar-refractivity contribution in [1.82, 2.24) is 4.90 Å². The lowest BCUT2D eigenvalue weighted by Crippen LogP contribution is -2.33. The van der Waals surface area contributed by atoms with Crippen LogP contribution in [0.5, 0.6) is 0 Å². The minimum Gasteiger partial charge on any atom is -0.445 e. The Bertz CT molecular complexity index is 789. The molecule has 0 atom stereocenters. The standard InChI is InChI=1S/C22H24N2O4/c1-19(23-28-18-21-12-6-3-7-13-21)9-8-14-24(15-16-25)22(26)27-17-20-10-4-2-5-11-20/h2-13,16H,14-15,17-18H2,1H3/b9-8-,23-19+. The number of ether oxygens (including phenoxy) is 1. The van der Waals surface area contributed by atoms with E-state index < -0.39 is 6.09 Å². The predicted octanol–water partition coefficient (Wildman–Crippen LogP) is 3.97. The Morgan fingerprint density at radius 1 is 0.964 bits per heavy atom. The Morgan fingerprint density at radius 2 is 1.57 bits per heavy atom. The van der Waals surface area contributed by atoms with E-state index in [-0.39, 0.29) is 19.7 Å². The minimum atomic E-state index is -0.546. The van der Waals surface area contributed by atoms with E-state index in [4.69, 9.17) is 9.57 Å². The molecule has 0 aromatic heterocycles. The summed E-state index contributed by atoms with van der Waals surface area (Å²) in [5.41, 5.74) is 2.57. The summed E-state index contributed by atoms with van der Waals surface area (Å²) in [5, 5.41) is 4.01. The normalized spacial score (nSPS) is 11.2. The van der Waals surface area contributed by atoms with E-state index in [1.807, 2.05) is 60.7 Å². The average molecular weight is 380 g/mol. The van der Waals surface area contributed by atoms with Crippen LogP contribution in [0.25, 0.3) is 0 Å². The second kappa shape index (κ2) is 12.1. The molecule has 0 aliphatic carbocycles. The monoisotopic (exact) mass is 380 g/mol. The molecule has 0 aliphatic heterocycles. The summed E-state index contributed by atoms with van der Waals surface area (Å²) in [6, 6.07) is 19.1. The summed E-state index contributed by atoms with van der Waals surface area (Å²) < 4.78 is 5.25. The maximum atomic E-state index is 12.2. The summed E-state index contributed by atoms with van der Waals surface area (Å²) in [5.74, 6) is 0. The molecule has 2 rings (SSSR count). The van der Waals surface area contributed by atoms with Crippen molar-refractivity contribution < 1.29 is 19.2 Å². The highest BCUT2D eigenvalue weighted by atomic mass is 16.6. The Morgan fingerprint density at radius 3 is 2.18 bits per heavy atom. The van der Waals surface area contributed by atoms with E-state index in [2.05, 4.69) is 5.16 Å². The molecule has 0 radical (unpaired) electrons. The lowest BCUT2D eigenvalue weighted by molar-refractivity contribution is -0.108. The van der Waals surface area contributed by atoms with E-state index in [9.17, 15) is 9.59 Å². The Kier molecular flexibility index (Phi) is 9.00. The van der Waals surface area contributed by atoms with Crippen LogP contribution < -0.4 is 0 Å². The molecular weight excluding hydrogens is 356 g/mol. The van der Waals surface area contributed by atoms with Crippen molar-refractivity contribution in [3.05, 3.63) is 83.9 Å². The summed E-state index contributed by atoms with van der Waals surface area (Å²) in [6.07, 6.45) is 3.59. The van der Waals surface area contributed by atoms with E-state index >= 15 is 0 Å². The number of amides is 1. The Hall–Kier alpha value is -3.41. The lowest BCUT2D eigenvalue weighted by Gasteiger charge is -2.17. The third-order valence-electron chi connectivity index (χ3n) is 3.73. The molecular formula is C22H24N2O4. The van der Waals surface area contributed by atoms with Gasteiger partial charge in [-0.2, -0.15) is 0 Å². The minimum absolute atomic E-state index is 0.0430. The van der Waals surface area contributed by atoms with Crippen molar-refractivity contribution in [2.24, 2.45) is 5.16 Å². The smallest absolute Gasteiger partial charge is 0.410 e. The number of rotatable bonds is 10. The maximum Gasteiger partial charge on any atom is 0.410 e. The van der Waals surface area contributed by atoms with Gasteiger partial charge in [-0.25, -0.2) is 4.79 Å². The molecule has 0 aliphatic rings. The van der Waals surface area contributed by atoms with Crippen LogP contribution in [-0.4, -0.2) is 36.1 Å². The number of carbonyl (C=O) groups is 2. The van der Waals surface area contributed by atoms with E-state index in [0.717, 1.165) is 11.1 Å². The molecule has 0 fully saturated rings. The van der Waals surface area contributed by atoms with Crippen molar-refractivity contribution in [1.29, 1.82) is 0 Å². The third kappa shape index (κ3) is 7.86. The van der Waals surface area contributed by atoms with Crippen molar-refractivity contribution in [3.63, 3.8) is 0 Å². The molecule has 2 aromatic rings. The number of aldehydes is 1. The van der Waals surface area contributed by atoms with E-state index in [1.165, 1.54) is 4.90 Å². The maximum absolute atomic E-state index is 12.2. The van der Waals surface area contributed by atoms with Gasteiger partial charge in [0.1, 0.15) is 19.5 Å². The van der Waals surface area contributed by atoms with Gasteiger partial charge in [0.15, 0.2) is 0 Å². The van der Waals surface area contributed by atoms with Crippen molar-refractivity contribution in [2.75, 3.05) is 13.1 Å². The van der Waals surface area contributed by atoms with Crippen LogP contribution in [0.2, 0.25) is 0 Å². The van der Waals surface area contributed by atoms with Gasteiger partial charge in [-0.15, -0.1) is 0 Å². The molecule has 0 N–H and O–H groups in total. The highest BCUT2D eigenvalue weighted by molar-refractivity contribution is 5.92. The molecule has 1 amide bonds. The zero-order chi connectivity index (χ0) is 20.0. The molecule has 0 bridgehead atoms. The van der Waals surface area contributed by atoms with Crippen molar-refractivity contribution >= 4 is 18.1 Å². The number of nitrogens with zero attached hydrogens (tertiary/aromatic N) is 2. The van der Waals surface area contributed by atoms with E-state index in [1.54, 1.807) is 19.1 Å². The zero-order valence-corrected chi connectivity index (χ0v) is 15.9.